The van der Waals surface area contributed by atoms with Crippen LogP contribution in [0.1, 0.15) is 12.8 Å². The summed E-state index contributed by atoms with van der Waals surface area (Å²) in [5, 5.41) is 3.30. The molecule has 0 aromatic carbocycles. The molecular formula is C10H15N3. The van der Waals surface area contributed by atoms with E-state index in [9.17, 15) is 0 Å². The maximum atomic E-state index is 5.95. The second-order valence-corrected chi connectivity index (χ2v) is 3.62. The lowest BCUT2D eigenvalue weighted by Gasteiger charge is -2.11. The molecule has 0 radical (unpaired) electrons. The lowest BCUT2D eigenvalue weighted by atomic mass is 10.2. The van der Waals surface area contributed by atoms with Crippen molar-refractivity contribution in [3.63, 3.8) is 0 Å². The van der Waals surface area contributed by atoms with Crippen LogP contribution in [0.2, 0.25) is 0 Å². The monoisotopic (exact) mass is 177 g/mol. The number of hydrogen-bond acceptors (Lipinski definition) is 3. The average molecular weight is 177 g/mol. The number of nitrogens with two attached hydrogens (primary N) is 1. The topological polar surface area (TPSA) is 50.9 Å². The molecule has 1 aromatic heterocycles. The van der Waals surface area contributed by atoms with Gasteiger partial charge in [0, 0.05) is 30.7 Å². The van der Waals surface area contributed by atoms with Crippen LogP contribution in [0.25, 0.3) is 0 Å². The van der Waals surface area contributed by atoms with E-state index in [-0.39, 0.29) is 0 Å². The lowest BCUT2D eigenvalue weighted by Crippen LogP contribution is -2.30. The number of nitrogens with zero attached hydrogens (tertiary/aromatic N) is 1. The van der Waals surface area contributed by atoms with Gasteiger partial charge in [0.05, 0.1) is 0 Å². The van der Waals surface area contributed by atoms with Crippen LogP contribution in [-0.4, -0.2) is 17.6 Å². The molecule has 1 fully saturated rings. The van der Waals surface area contributed by atoms with E-state index in [0.717, 1.165) is 18.2 Å². The summed E-state index contributed by atoms with van der Waals surface area (Å²) in [7, 11) is 0. The second-order valence-electron chi connectivity index (χ2n) is 3.62. The van der Waals surface area contributed by atoms with Crippen LogP contribution < -0.4 is 11.1 Å². The molecule has 0 aliphatic heterocycles. The van der Waals surface area contributed by atoms with Gasteiger partial charge in [-0.2, -0.15) is 0 Å². The Kier molecular flexibility index (Phi) is 2.45. The first-order valence-electron chi connectivity index (χ1n) is 4.76. The molecule has 1 saturated carbocycles. The minimum absolute atomic E-state index is 0.313. The summed E-state index contributed by atoms with van der Waals surface area (Å²) in [6, 6.07) is 4.23. The molecule has 2 rings (SSSR count). The molecule has 70 valence electrons. The summed E-state index contributed by atoms with van der Waals surface area (Å²) in [5.74, 6) is 0.759. The third kappa shape index (κ3) is 2.42. The first kappa shape index (κ1) is 8.51. The predicted octanol–water partition coefficient (Wildman–Crippen LogP) is 1.23. The molecular weight excluding hydrogens is 162 g/mol. The second kappa shape index (κ2) is 3.75. The molecule has 1 unspecified atom stereocenters. The fourth-order valence-electron chi connectivity index (χ4n) is 1.40. The van der Waals surface area contributed by atoms with E-state index in [4.69, 9.17) is 5.73 Å². The number of hydrogen-bond donors (Lipinski definition) is 2. The fraction of sp³-hybridized carbons (Fsp3) is 0.500. The molecule has 3 nitrogen and oxygen atoms in total. The van der Waals surface area contributed by atoms with E-state index >= 15 is 0 Å². The fourth-order valence-corrected chi connectivity index (χ4v) is 1.40. The quantitative estimate of drug-likeness (QED) is 0.727. The van der Waals surface area contributed by atoms with Gasteiger partial charge in [0.2, 0.25) is 0 Å². The van der Waals surface area contributed by atoms with Gasteiger partial charge in [-0.1, -0.05) is 0 Å². The van der Waals surface area contributed by atoms with Crippen molar-refractivity contribution in [1.82, 2.24) is 4.98 Å². The van der Waals surface area contributed by atoms with E-state index in [2.05, 4.69) is 10.3 Å². The number of anilines is 1. The first-order valence-corrected chi connectivity index (χ1v) is 4.76. The molecule has 1 aromatic rings. The maximum Gasteiger partial charge on any atom is 0.0371 e. The van der Waals surface area contributed by atoms with Gasteiger partial charge >= 0.3 is 0 Å². The summed E-state index contributed by atoms with van der Waals surface area (Å²) in [6.45, 7) is 0.870. The summed E-state index contributed by atoms with van der Waals surface area (Å²) in [6.07, 6.45) is 6.17. The Labute approximate surface area is 78.4 Å². The van der Waals surface area contributed by atoms with Crippen LogP contribution in [0, 0.1) is 5.92 Å². The Bertz CT molecular complexity index is 256. The van der Waals surface area contributed by atoms with Crippen LogP contribution in [0.4, 0.5) is 5.69 Å². The minimum Gasteiger partial charge on any atom is -0.383 e. The summed E-state index contributed by atoms with van der Waals surface area (Å²) in [4.78, 5) is 3.95. The highest BCUT2D eigenvalue weighted by molar-refractivity contribution is 5.40. The van der Waals surface area contributed by atoms with Gasteiger partial charge in [0.15, 0.2) is 0 Å². The Morgan fingerprint density at radius 2 is 2.15 bits per heavy atom. The van der Waals surface area contributed by atoms with Crippen molar-refractivity contribution >= 4 is 5.69 Å². The van der Waals surface area contributed by atoms with E-state index in [1.54, 1.807) is 12.4 Å². The van der Waals surface area contributed by atoms with E-state index < -0.39 is 0 Å². The molecule has 1 heterocycles. The average Bonchev–Trinajstić information content (AvgIpc) is 2.99. The molecule has 0 spiro atoms. The van der Waals surface area contributed by atoms with Gasteiger partial charge < -0.3 is 11.1 Å². The first-order chi connectivity index (χ1) is 6.36. The summed E-state index contributed by atoms with van der Waals surface area (Å²) in [5.41, 5.74) is 7.05. The normalized spacial score (nSPS) is 18.2. The van der Waals surface area contributed by atoms with Crippen molar-refractivity contribution in [2.24, 2.45) is 11.7 Å². The lowest BCUT2D eigenvalue weighted by molar-refractivity contribution is 0.621. The number of nitrogens with one attached hydrogen (secondary N) is 1. The highest BCUT2D eigenvalue weighted by atomic mass is 14.9. The van der Waals surface area contributed by atoms with Gasteiger partial charge in [-0.3, -0.25) is 4.98 Å². The number of pyridine rings is 1. The zero-order valence-electron chi connectivity index (χ0n) is 7.61. The van der Waals surface area contributed by atoms with Gasteiger partial charge in [0.25, 0.3) is 0 Å². The Morgan fingerprint density at radius 3 is 2.77 bits per heavy atom. The molecule has 3 heteroatoms. The Hall–Kier alpha value is -1.09. The molecule has 0 bridgehead atoms. The van der Waals surface area contributed by atoms with Crippen molar-refractivity contribution in [2.45, 2.75) is 18.9 Å². The van der Waals surface area contributed by atoms with Crippen LogP contribution in [0.3, 0.4) is 0 Å². The molecule has 13 heavy (non-hydrogen) atoms. The summed E-state index contributed by atoms with van der Waals surface area (Å²) >= 11 is 0. The zero-order chi connectivity index (χ0) is 9.10. The molecule has 1 aliphatic rings. The van der Waals surface area contributed by atoms with Crippen LogP contribution in [0.5, 0.6) is 0 Å². The largest absolute Gasteiger partial charge is 0.383 e. The van der Waals surface area contributed by atoms with E-state index in [1.807, 2.05) is 12.1 Å². The molecule has 1 aliphatic carbocycles. The Morgan fingerprint density at radius 1 is 1.46 bits per heavy atom. The Balaban J connectivity index is 1.78. The van der Waals surface area contributed by atoms with Crippen LogP contribution in [-0.2, 0) is 0 Å². The van der Waals surface area contributed by atoms with Gasteiger partial charge in [-0.25, -0.2) is 0 Å². The summed E-state index contributed by atoms with van der Waals surface area (Å²) < 4.78 is 0. The van der Waals surface area contributed by atoms with Gasteiger partial charge in [-0.05, 0) is 30.9 Å². The van der Waals surface area contributed by atoms with Crippen LogP contribution in [0.15, 0.2) is 24.5 Å². The van der Waals surface area contributed by atoms with Gasteiger partial charge in [-0.15, -0.1) is 0 Å². The van der Waals surface area contributed by atoms with E-state index in [1.165, 1.54) is 12.8 Å². The SMILES string of the molecule is NC(CNc1ccncc1)C1CC1. The van der Waals surface area contributed by atoms with Crippen LogP contribution >= 0.6 is 0 Å². The number of aromatic nitrogens is 1. The van der Waals surface area contributed by atoms with Crippen molar-refractivity contribution in [3.8, 4) is 0 Å². The zero-order valence-corrected chi connectivity index (χ0v) is 7.61. The standard InChI is InChI=1S/C10H15N3/c11-10(8-1-2-8)7-13-9-3-5-12-6-4-9/h3-6,8,10H,1-2,7,11H2,(H,12,13). The molecule has 0 amide bonds. The molecule has 3 N–H and O–H groups in total. The van der Waals surface area contributed by atoms with Crippen molar-refractivity contribution < 1.29 is 0 Å². The highest BCUT2D eigenvalue weighted by Crippen LogP contribution is 2.31. The molecule has 1 atom stereocenters. The third-order valence-electron chi connectivity index (χ3n) is 2.45. The van der Waals surface area contributed by atoms with Crippen molar-refractivity contribution in [3.05, 3.63) is 24.5 Å². The third-order valence-corrected chi connectivity index (χ3v) is 2.45. The van der Waals surface area contributed by atoms with Crippen molar-refractivity contribution in [2.75, 3.05) is 11.9 Å². The highest BCUT2D eigenvalue weighted by Gasteiger charge is 2.27. The van der Waals surface area contributed by atoms with Gasteiger partial charge in [0.1, 0.15) is 0 Å². The maximum absolute atomic E-state index is 5.95. The van der Waals surface area contributed by atoms with E-state index in [0.29, 0.717) is 6.04 Å². The number of rotatable bonds is 4. The molecule has 0 saturated heterocycles. The minimum atomic E-state index is 0.313. The smallest absolute Gasteiger partial charge is 0.0371 e. The predicted molar refractivity (Wildman–Crippen MR) is 53.4 cm³/mol. The van der Waals surface area contributed by atoms with Crippen molar-refractivity contribution in [1.29, 1.82) is 0 Å².